The minimum Gasteiger partial charge on any atom is -0.472 e. The first-order chi connectivity index (χ1) is 2.94. The van der Waals surface area contributed by atoms with Crippen molar-refractivity contribution in [2.24, 2.45) is 0 Å². The van der Waals surface area contributed by atoms with Crippen LogP contribution in [0.25, 0.3) is 0 Å². The Bertz CT molecular complexity index is 125. The Labute approximate surface area is 72.6 Å². The van der Waals surface area contributed by atoms with Gasteiger partial charge in [0.15, 0.2) is 0 Å². The van der Waals surface area contributed by atoms with Crippen molar-refractivity contribution in [3.05, 3.63) is 0 Å². The van der Waals surface area contributed by atoms with Crippen LogP contribution in [0, 0.1) is 0 Å². The number of hydrogen-bond acceptors (Lipinski definition) is 2. The van der Waals surface area contributed by atoms with Crippen LogP contribution in [0.2, 0.25) is 0 Å². The normalized spacial score (nSPS) is 8.67. The maximum atomic E-state index is 9.43. The standard InChI is InChI=1S/CH3O5P.Na.H2O/c2-1(3)7(4,5)6;;/h(H,2,3)(H2,4,5,6);;1H2. The Morgan fingerprint density at radius 3 is 1.44 bits per heavy atom. The summed E-state index contributed by atoms with van der Waals surface area (Å²) in [4.78, 5) is 24.5. The van der Waals surface area contributed by atoms with Crippen molar-refractivity contribution in [1.29, 1.82) is 0 Å². The molecule has 0 saturated heterocycles. The molecule has 0 unspecified atom stereocenters. The zero-order chi connectivity index (χ0) is 6.08. The average Bonchev–Trinajstić information content (AvgIpc) is 1.31. The van der Waals surface area contributed by atoms with Crippen molar-refractivity contribution in [3.8, 4) is 0 Å². The maximum absolute atomic E-state index is 9.43. The molecule has 0 aliphatic carbocycles. The third-order valence-electron chi connectivity index (χ3n) is 0.249. The van der Waals surface area contributed by atoms with E-state index in [4.69, 9.17) is 14.9 Å². The zero-order valence-electron chi connectivity index (χ0n) is 4.61. The first-order valence-corrected chi connectivity index (χ1v) is 2.85. The predicted octanol–water partition coefficient (Wildman–Crippen LogP) is -1.36. The monoisotopic (exact) mass is 167 g/mol. The summed E-state index contributed by atoms with van der Waals surface area (Å²) in [7, 11) is -4.82. The molecular weight excluding hydrogens is 162 g/mol. The minimum absolute atomic E-state index is 0. The van der Waals surface area contributed by atoms with Gasteiger partial charge in [0.1, 0.15) is 0 Å². The summed E-state index contributed by atoms with van der Waals surface area (Å²) in [6, 6.07) is 0. The van der Waals surface area contributed by atoms with Crippen LogP contribution >= 0.6 is 7.60 Å². The molecule has 0 spiro atoms. The molecule has 9 heavy (non-hydrogen) atoms. The molecule has 0 aromatic carbocycles. The van der Waals surface area contributed by atoms with E-state index in [2.05, 4.69) is 0 Å². The van der Waals surface area contributed by atoms with Gasteiger partial charge in [-0.2, -0.15) is 0 Å². The third-order valence-corrected chi connectivity index (χ3v) is 0.748. The summed E-state index contributed by atoms with van der Waals surface area (Å²) in [6.45, 7) is 0. The number of hydrogen-bond donors (Lipinski definition) is 3. The number of rotatable bonds is 1. The molecule has 6 nitrogen and oxygen atoms in total. The molecule has 0 aromatic heterocycles. The smallest absolute Gasteiger partial charge is 0.433 e. The minimum atomic E-state index is -4.82. The molecule has 0 aromatic rings. The van der Waals surface area contributed by atoms with Crippen molar-refractivity contribution in [2.75, 3.05) is 0 Å². The van der Waals surface area contributed by atoms with E-state index in [1.165, 1.54) is 0 Å². The van der Waals surface area contributed by atoms with Crippen LogP contribution in [0.15, 0.2) is 0 Å². The van der Waals surface area contributed by atoms with Crippen LogP contribution in [0.5, 0.6) is 0 Å². The molecule has 0 heterocycles. The predicted molar refractivity (Wildman–Crippen MR) is 29.4 cm³/mol. The second-order valence-electron chi connectivity index (χ2n) is 0.827. The van der Waals surface area contributed by atoms with Gasteiger partial charge in [-0.25, -0.2) is 9.36 Å². The van der Waals surface area contributed by atoms with E-state index in [9.17, 15) is 9.36 Å². The van der Waals surface area contributed by atoms with E-state index >= 15 is 0 Å². The quantitative estimate of drug-likeness (QED) is 0.328. The summed E-state index contributed by atoms with van der Waals surface area (Å²) < 4.78 is 9.43. The van der Waals surface area contributed by atoms with Crippen LogP contribution in [-0.4, -0.2) is 55.6 Å². The van der Waals surface area contributed by atoms with Gasteiger partial charge in [0.25, 0.3) is 0 Å². The SMILES string of the molecule is O.O=C(O)P(=O)(O)O.[Na]. The second kappa shape index (κ2) is 5.37. The number of carbonyl (C=O) groups is 1. The fourth-order valence-corrected chi connectivity index (χ4v) is 0. The van der Waals surface area contributed by atoms with Crippen LogP contribution in [0.3, 0.4) is 0 Å². The molecule has 1 radical (unpaired) electrons. The third kappa shape index (κ3) is 8.58. The topological polar surface area (TPSA) is 126 Å². The summed E-state index contributed by atoms with van der Waals surface area (Å²) in [5.41, 5.74) is -2.09. The Balaban J connectivity index is -0.000000180. The molecule has 51 valence electrons. The maximum Gasteiger partial charge on any atom is 0.433 e. The average molecular weight is 167 g/mol. The van der Waals surface area contributed by atoms with E-state index in [1.54, 1.807) is 0 Å². The molecule has 0 rings (SSSR count). The van der Waals surface area contributed by atoms with Crippen LogP contribution in [0.1, 0.15) is 0 Å². The van der Waals surface area contributed by atoms with Crippen molar-refractivity contribution in [1.82, 2.24) is 0 Å². The van der Waals surface area contributed by atoms with Gasteiger partial charge in [-0.3, -0.25) is 0 Å². The van der Waals surface area contributed by atoms with E-state index in [-0.39, 0.29) is 35.0 Å². The molecule has 0 fully saturated rings. The second-order valence-corrected chi connectivity index (χ2v) is 2.30. The first kappa shape index (κ1) is 16.3. The molecule has 0 atom stereocenters. The molecule has 0 saturated carbocycles. The van der Waals surface area contributed by atoms with Gasteiger partial charge < -0.3 is 20.4 Å². The Morgan fingerprint density at radius 2 is 1.44 bits per heavy atom. The number of carboxylic acid groups (broad SMARTS) is 1. The van der Waals surface area contributed by atoms with Crippen LogP contribution in [0.4, 0.5) is 4.79 Å². The van der Waals surface area contributed by atoms with Gasteiger partial charge >= 0.3 is 13.3 Å². The van der Waals surface area contributed by atoms with E-state index in [0.29, 0.717) is 0 Å². The van der Waals surface area contributed by atoms with Gasteiger partial charge in [-0.1, -0.05) is 0 Å². The molecule has 0 aliphatic rings. The van der Waals surface area contributed by atoms with E-state index in [0.717, 1.165) is 0 Å². The Morgan fingerprint density at radius 1 is 1.33 bits per heavy atom. The summed E-state index contributed by atoms with van der Waals surface area (Å²) in [5, 5.41) is 7.49. The van der Waals surface area contributed by atoms with Gasteiger partial charge in [0.05, 0.1) is 0 Å². The molecule has 0 aliphatic heterocycles. The Hall–Kier alpha value is 0.580. The summed E-state index contributed by atoms with van der Waals surface area (Å²) in [6.07, 6.45) is 0. The van der Waals surface area contributed by atoms with Gasteiger partial charge in [-0.05, 0) is 0 Å². The molecule has 0 bridgehead atoms. The fraction of sp³-hybridized carbons (Fsp3) is 0. The fourth-order valence-electron chi connectivity index (χ4n) is 0. The van der Waals surface area contributed by atoms with Crippen molar-refractivity contribution >= 4 is 42.9 Å². The van der Waals surface area contributed by atoms with Gasteiger partial charge in [-0.15, -0.1) is 0 Å². The van der Waals surface area contributed by atoms with E-state index < -0.39 is 13.3 Å². The Kier molecular flexibility index (Phi) is 9.72. The van der Waals surface area contributed by atoms with Crippen molar-refractivity contribution < 1.29 is 29.7 Å². The molecular formula is CH5NaO6P. The van der Waals surface area contributed by atoms with Crippen molar-refractivity contribution in [2.45, 2.75) is 0 Å². The zero-order valence-corrected chi connectivity index (χ0v) is 7.50. The van der Waals surface area contributed by atoms with E-state index in [1.807, 2.05) is 0 Å². The van der Waals surface area contributed by atoms with Gasteiger partial charge in [0, 0.05) is 29.6 Å². The van der Waals surface area contributed by atoms with Crippen LogP contribution in [-0.2, 0) is 4.57 Å². The molecule has 5 N–H and O–H groups in total. The largest absolute Gasteiger partial charge is 0.472 e. The van der Waals surface area contributed by atoms with Crippen LogP contribution < -0.4 is 0 Å². The van der Waals surface area contributed by atoms with Crippen molar-refractivity contribution in [3.63, 3.8) is 0 Å². The first-order valence-electron chi connectivity index (χ1n) is 1.23. The van der Waals surface area contributed by atoms with Gasteiger partial charge in [0.2, 0.25) is 0 Å². The summed E-state index contributed by atoms with van der Waals surface area (Å²) in [5.74, 6) is 0. The summed E-state index contributed by atoms with van der Waals surface area (Å²) >= 11 is 0. The molecule has 0 amide bonds. The molecule has 8 heteroatoms.